The minimum atomic E-state index is -2.07. The van der Waals surface area contributed by atoms with E-state index in [2.05, 4.69) is 41.5 Å². The summed E-state index contributed by atoms with van der Waals surface area (Å²) in [6, 6.07) is 17.6. The van der Waals surface area contributed by atoms with E-state index in [0.29, 0.717) is 27.9 Å². The molecule has 1 heterocycles. The summed E-state index contributed by atoms with van der Waals surface area (Å²) in [5.74, 6) is 0.454. The van der Waals surface area contributed by atoms with Crippen molar-refractivity contribution in [2.45, 2.75) is 58.2 Å². The molecule has 0 saturated carbocycles. The second-order valence-electron chi connectivity index (χ2n) is 9.02. The molecule has 0 fully saturated rings. The van der Waals surface area contributed by atoms with Gasteiger partial charge < -0.3 is 9.16 Å². The highest BCUT2D eigenvalue weighted by molar-refractivity contribution is 6.78. The molecule has 0 radical (unpaired) electrons. The molecule has 0 amide bonds. The molecule has 0 bridgehead atoms. The minimum absolute atomic E-state index is 0.394. The lowest BCUT2D eigenvalue weighted by Gasteiger charge is -2.42. The van der Waals surface area contributed by atoms with Crippen LogP contribution in [0.4, 0.5) is 0 Å². The van der Waals surface area contributed by atoms with Crippen molar-refractivity contribution in [2.24, 2.45) is 0 Å². The Balaban J connectivity index is 2.13. The molecule has 5 heteroatoms. The molecule has 0 unspecified atom stereocenters. The summed E-state index contributed by atoms with van der Waals surface area (Å²) in [5, 5.41) is 0.872. The topological polar surface area (TPSA) is 48.4 Å². The van der Waals surface area contributed by atoms with Crippen LogP contribution in [0, 0.1) is 0 Å². The molecule has 4 nitrogen and oxygen atoms in total. The van der Waals surface area contributed by atoms with Gasteiger partial charge in [0.1, 0.15) is 5.75 Å². The number of hydrogen-bond acceptors (Lipinski definition) is 4. The van der Waals surface area contributed by atoms with Gasteiger partial charge in [0.05, 0.1) is 23.9 Å². The van der Waals surface area contributed by atoms with Gasteiger partial charge in [0.2, 0.25) is 0 Å². The molecule has 0 atom stereocenters. The van der Waals surface area contributed by atoms with Crippen LogP contribution in [-0.2, 0) is 4.74 Å². The molecule has 0 spiro atoms. The average Bonchev–Trinajstić information content (AvgIpc) is 2.75. The zero-order valence-electron chi connectivity index (χ0n) is 19.6. The van der Waals surface area contributed by atoms with Crippen molar-refractivity contribution in [3.05, 3.63) is 60.2 Å². The molecule has 0 N–H and O–H groups in total. The third kappa shape index (κ3) is 4.37. The Morgan fingerprint density at radius 1 is 0.871 bits per heavy atom. The molecule has 2 aromatic carbocycles. The van der Waals surface area contributed by atoms with E-state index in [9.17, 15) is 4.79 Å². The number of carbonyl (C=O) groups excluding carboxylic acids is 1. The Morgan fingerprint density at radius 2 is 1.48 bits per heavy atom. The molecule has 164 valence electrons. The lowest BCUT2D eigenvalue weighted by atomic mass is 10.0. The Kier molecular flexibility index (Phi) is 6.85. The number of nitrogens with zero attached hydrogens (tertiary/aromatic N) is 1. The predicted molar refractivity (Wildman–Crippen MR) is 130 cm³/mol. The van der Waals surface area contributed by atoms with Crippen LogP contribution in [0.3, 0.4) is 0 Å². The van der Waals surface area contributed by atoms with Crippen LogP contribution in [0.25, 0.3) is 22.2 Å². The largest absolute Gasteiger partial charge is 0.543 e. The van der Waals surface area contributed by atoms with Crippen LogP contribution >= 0.6 is 0 Å². The number of esters is 1. The first-order valence-electron chi connectivity index (χ1n) is 11.0. The lowest BCUT2D eigenvalue weighted by Crippen LogP contribution is -2.50. The molecule has 0 aliphatic heterocycles. The number of benzene rings is 2. The number of rotatable bonds is 7. The van der Waals surface area contributed by atoms with E-state index in [0.717, 1.165) is 22.2 Å². The number of aromatic nitrogens is 1. The maximum absolute atomic E-state index is 12.5. The zero-order chi connectivity index (χ0) is 22.8. The van der Waals surface area contributed by atoms with E-state index < -0.39 is 14.3 Å². The Hall–Kier alpha value is -2.66. The van der Waals surface area contributed by atoms with E-state index in [-0.39, 0.29) is 0 Å². The van der Waals surface area contributed by atoms with Gasteiger partial charge in [0, 0.05) is 10.9 Å². The molecule has 3 aromatic rings. The SMILES string of the molecule is COC(=O)c1cc2cc(O[Si](C(C)C)(C(C)C)C(C)C)ccc2nc1-c1ccccc1. The smallest absolute Gasteiger partial charge is 0.340 e. The first-order chi connectivity index (χ1) is 14.7. The number of fused-ring (bicyclic) bond motifs is 1. The van der Waals surface area contributed by atoms with Crippen molar-refractivity contribution >= 4 is 25.2 Å². The van der Waals surface area contributed by atoms with Crippen molar-refractivity contribution in [3.8, 4) is 17.0 Å². The van der Waals surface area contributed by atoms with E-state index in [4.69, 9.17) is 14.1 Å². The summed E-state index contributed by atoms with van der Waals surface area (Å²) in [5.41, 5.74) is 4.23. The highest BCUT2D eigenvalue weighted by Crippen LogP contribution is 2.43. The standard InChI is InChI=1S/C26H33NO3Si/c1-17(2)31(18(3)4,19(5)6)30-22-13-14-24-21(15-22)16-23(26(28)29-7)25(27-24)20-11-9-8-10-12-20/h8-19H,1-7H3. The normalized spacial score (nSPS) is 12.1. The lowest BCUT2D eigenvalue weighted by molar-refractivity contribution is 0.0601. The highest BCUT2D eigenvalue weighted by atomic mass is 28.4. The minimum Gasteiger partial charge on any atom is -0.543 e. The maximum atomic E-state index is 12.5. The average molecular weight is 436 g/mol. The summed E-state index contributed by atoms with van der Waals surface area (Å²) < 4.78 is 11.9. The fourth-order valence-electron chi connectivity index (χ4n) is 4.86. The third-order valence-electron chi connectivity index (χ3n) is 6.24. The molecular weight excluding hydrogens is 402 g/mol. The molecular formula is C26H33NO3Si. The molecule has 31 heavy (non-hydrogen) atoms. The van der Waals surface area contributed by atoms with Gasteiger partial charge in [-0.25, -0.2) is 9.78 Å². The monoisotopic (exact) mass is 435 g/mol. The van der Waals surface area contributed by atoms with E-state index in [1.807, 2.05) is 54.6 Å². The predicted octanol–water partition coefficient (Wildman–Crippen LogP) is 7.24. The van der Waals surface area contributed by atoms with Gasteiger partial charge in [0.15, 0.2) is 0 Å². The van der Waals surface area contributed by atoms with Gasteiger partial charge in [-0.1, -0.05) is 71.9 Å². The van der Waals surface area contributed by atoms with Crippen LogP contribution in [0.15, 0.2) is 54.6 Å². The van der Waals surface area contributed by atoms with Crippen molar-refractivity contribution < 1.29 is 14.0 Å². The summed E-state index contributed by atoms with van der Waals surface area (Å²) >= 11 is 0. The van der Waals surface area contributed by atoms with Crippen molar-refractivity contribution in [1.29, 1.82) is 0 Å². The number of hydrogen-bond donors (Lipinski definition) is 0. The van der Waals surface area contributed by atoms with Gasteiger partial charge in [-0.3, -0.25) is 0 Å². The molecule has 3 rings (SSSR count). The van der Waals surface area contributed by atoms with Gasteiger partial charge in [0.25, 0.3) is 8.32 Å². The fourth-order valence-corrected chi connectivity index (χ4v) is 10.1. The molecule has 0 aliphatic rings. The van der Waals surface area contributed by atoms with Crippen molar-refractivity contribution in [3.63, 3.8) is 0 Å². The van der Waals surface area contributed by atoms with Crippen LogP contribution in [0.5, 0.6) is 5.75 Å². The fraction of sp³-hybridized carbons (Fsp3) is 0.385. The maximum Gasteiger partial charge on any atom is 0.340 e. The highest BCUT2D eigenvalue weighted by Gasteiger charge is 2.47. The van der Waals surface area contributed by atoms with Crippen LogP contribution in [-0.4, -0.2) is 26.4 Å². The molecule has 0 saturated heterocycles. The number of pyridine rings is 1. The van der Waals surface area contributed by atoms with E-state index in [1.165, 1.54) is 7.11 Å². The Bertz CT molecular complexity index is 1040. The first kappa shape index (κ1) is 23.0. The summed E-state index contributed by atoms with van der Waals surface area (Å²) in [6.45, 7) is 13.6. The second-order valence-corrected chi connectivity index (χ2v) is 14.4. The van der Waals surface area contributed by atoms with Crippen molar-refractivity contribution in [2.75, 3.05) is 7.11 Å². The van der Waals surface area contributed by atoms with Gasteiger partial charge >= 0.3 is 5.97 Å². The van der Waals surface area contributed by atoms with Gasteiger partial charge in [-0.15, -0.1) is 0 Å². The van der Waals surface area contributed by atoms with Crippen LogP contribution in [0.1, 0.15) is 51.9 Å². The van der Waals surface area contributed by atoms with E-state index >= 15 is 0 Å². The number of methoxy groups -OCH3 is 1. The molecule has 0 aliphatic carbocycles. The van der Waals surface area contributed by atoms with Crippen molar-refractivity contribution in [1.82, 2.24) is 4.98 Å². The summed E-state index contributed by atoms with van der Waals surface area (Å²) in [7, 11) is -0.676. The van der Waals surface area contributed by atoms with Crippen LogP contribution < -0.4 is 4.43 Å². The zero-order valence-corrected chi connectivity index (χ0v) is 20.6. The number of carbonyl (C=O) groups is 1. The Morgan fingerprint density at radius 3 is 2.03 bits per heavy atom. The molecule has 1 aromatic heterocycles. The second kappa shape index (κ2) is 9.23. The third-order valence-corrected chi connectivity index (χ3v) is 12.2. The van der Waals surface area contributed by atoms with Gasteiger partial charge in [-0.2, -0.15) is 0 Å². The quantitative estimate of drug-likeness (QED) is 0.290. The van der Waals surface area contributed by atoms with Gasteiger partial charge in [-0.05, 0) is 40.9 Å². The summed E-state index contributed by atoms with van der Waals surface area (Å²) in [6.07, 6.45) is 0. The first-order valence-corrected chi connectivity index (χ1v) is 13.1. The summed E-state index contributed by atoms with van der Waals surface area (Å²) in [4.78, 5) is 17.4. The van der Waals surface area contributed by atoms with E-state index in [1.54, 1.807) is 0 Å². The Labute approximate surface area is 186 Å². The number of ether oxygens (including phenoxy) is 1. The van der Waals surface area contributed by atoms with Crippen LogP contribution in [0.2, 0.25) is 16.6 Å².